The second-order valence-electron chi connectivity index (χ2n) is 5.56. The van der Waals surface area contributed by atoms with E-state index in [-0.39, 0.29) is 12.5 Å². The molecule has 0 atom stereocenters. The molecule has 2 aromatic carbocycles. The smallest absolute Gasteiger partial charge is 0.245 e. The zero-order valence-electron chi connectivity index (χ0n) is 14.7. The number of amides is 1. The molecule has 0 aliphatic carbocycles. The Bertz CT molecular complexity index is 961. The highest BCUT2D eigenvalue weighted by Crippen LogP contribution is 2.32. The Labute approximate surface area is 161 Å². The van der Waals surface area contributed by atoms with E-state index in [0.29, 0.717) is 17.3 Å². The van der Waals surface area contributed by atoms with Crippen molar-refractivity contribution in [2.45, 2.75) is 6.92 Å². The first-order valence-corrected chi connectivity index (χ1v) is 9.29. The summed E-state index contributed by atoms with van der Waals surface area (Å²) in [4.78, 5) is 16.6. The zero-order valence-corrected chi connectivity index (χ0v) is 15.5. The number of carbonyl (C=O) groups excluding carboxylic acids is 1. The fraction of sp³-hybridized carbons (Fsp3) is 0.150. The van der Waals surface area contributed by atoms with Gasteiger partial charge in [-0.25, -0.2) is 4.98 Å². The summed E-state index contributed by atoms with van der Waals surface area (Å²) in [6.45, 7) is 2.62. The van der Waals surface area contributed by atoms with Gasteiger partial charge >= 0.3 is 0 Å². The maximum Gasteiger partial charge on any atom is 0.245 e. The second kappa shape index (κ2) is 8.83. The molecule has 0 fully saturated rings. The molecule has 0 bridgehead atoms. The molecule has 1 amide bonds. The van der Waals surface area contributed by atoms with Gasteiger partial charge < -0.3 is 15.4 Å². The van der Waals surface area contributed by atoms with Crippen molar-refractivity contribution in [2.75, 3.05) is 23.8 Å². The number of hydrogen-bond acceptors (Lipinski definition) is 6. The SMILES string of the molecule is CCOc1ccccc1-c1csc(NC(=O)CNc2ccc(C#N)cc2)n1. The lowest BCUT2D eigenvalue weighted by Gasteiger charge is -2.07. The van der Waals surface area contributed by atoms with Crippen LogP contribution in [-0.2, 0) is 4.79 Å². The molecule has 0 radical (unpaired) electrons. The lowest BCUT2D eigenvalue weighted by molar-refractivity contribution is -0.114. The maximum absolute atomic E-state index is 12.1. The predicted octanol–water partition coefficient (Wildman–Crippen LogP) is 4.13. The minimum absolute atomic E-state index is 0.107. The van der Waals surface area contributed by atoms with Crippen LogP contribution < -0.4 is 15.4 Å². The quantitative estimate of drug-likeness (QED) is 0.645. The minimum atomic E-state index is -0.196. The summed E-state index contributed by atoms with van der Waals surface area (Å²) < 4.78 is 5.63. The minimum Gasteiger partial charge on any atom is -0.493 e. The largest absolute Gasteiger partial charge is 0.493 e. The van der Waals surface area contributed by atoms with E-state index in [9.17, 15) is 4.79 Å². The molecule has 0 saturated carbocycles. The number of carbonyl (C=O) groups is 1. The van der Waals surface area contributed by atoms with Crippen LogP contribution in [0.2, 0.25) is 0 Å². The molecule has 0 unspecified atom stereocenters. The van der Waals surface area contributed by atoms with Crippen molar-refractivity contribution in [1.29, 1.82) is 5.26 Å². The topological polar surface area (TPSA) is 87.0 Å². The fourth-order valence-electron chi connectivity index (χ4n) is 2.42. The summed E-state index contributed by atoms with van der Waals surface area (Å²) in [6.07, 6.45) is 0. The van der Waals surface area contributed by atoms with Crippen LogP contribution in [0.25, 0.3) is 11.3 Å². The Morgan fingerprint density at radius 1 is 1.22 bits per heavy atom. The molecule has 0 aliphatic heterocycles. The van der Waals surface area contributed by atoms with Crippen molar-refractivity contribution in [3.63, 3.8) is 0 Å². The van der Waals surface area contributed by atoms with E-state index in [4.69, 9.17) is 10.00 Å². The molecule has 3 rings (SSSR count). The van der Waals surface area contributed by atoms with Crippen LogP contribution in [-0.4, -0.2) is 24.0 Å². The Kier molecular flexibility index (Phi) is 6.02. The lowest BCUT2D eigenvalue weighted by atomic mass is 10.1. The molecule has 1 aromatic heterocycles. The molecule has 1 heterocycles. The molecule has 0 aliphatic rings. The fourth-order valence-corrected chi connectivity index (χ4v) is 3.15. The highest BCUT2D eigenvalue weighted by Gasteiger charge is 2.11. The van der Waals surface area contributed by atoms with Gasteiger partial charge in [0.25, 0.3) is 0 Å². The third-order valence-electron chi connectivity index (χ3n) is 3.68. The monoisotopic (exact) mass is 378 g/mol. The van der Waals surface area contributed by atoms with Crippen LogP contribution in [0.4, 0.5) is 10.8 Å². The third-order valence-corrected chi connectivity index (χ3v) is 4.44. The number of nitriles is 1. The van der Waals surface area contributed by atoms with Crippen LogP contribution in [0, 0.1) is 11.3 Å². The van der Waals surface area contributed by atoms with Gasteiger partial charge in [-0.05, 0) is 43.3 Å². The molecule has 0 saturated heterocycles. The number of anilines is 2. The van der Waals surface area contributed by atoms with Crippen LogP contribution in [0.1, 0.15) is 12.5 Å². The van der Waals surface area contributed by atoms with Crippen LogP contribution in [0.15, 0.2) is 53.9 Å². The Balaban J connectivity index is 1.60. The van der Waals surface area contributed by atoms with Gasteiger partial charge in [0.2, 0.25) is 5.91 Å². The average Bonchev–Trinajstić information content (AvgIpc) is 3.15. The predicted molar refractivity (Wildman–Crippen MR) is 107 cm³/mol. The third kappa shape index (κ3) is 4.84. The van der Waals surface area contributed by atoms with E-state index < -0.39 is 0 Å². The first-order valence-electron chi connectivity index (χ1n) is 8.41. The molecule has 7 heteroatoms. The Hall–Kier alpha value is -3.37. The standard InChI is InChI=1S/C20H18N4O2S/c1-2-26-18-6-4-3-5-16(18)17-13-27-20(23-17)24-19(25)12-22-15-9-7-14(11-21)8-10-15/h3-10,13,22H,2,12H2,1H3,(H,23,24,25). The maximum atomic E-state index is 12.1. The molecular weight excluding hydrogens is 360 g/mol. The number of benzene rings is 2. The molecule has 27 heavy (non-hydrogen) atoms. The number of aromatic nitrogens is 1. The van der Waals surface area contributed by atoms with Gasteiger partial charge in [0.15, 0.2) is 5.13 Å². The molecule has 3 aromatic rings. The number of ether oxygens (including phenoxy) is 1. The van der Waals surface area contributed by atoms with Gasteiger partial charge in [-0.2, -0.15) is 5.26 Å². The molecule has 136 valence electrons. The number of nitrogens with one attached hydrogen (secondary N) is 2. The van der Waals surface area contributed by atoms with Gasteiger partial charge in [0.05, 0.1) is 30.5 Å². The van der Waals surface area contributed by atoms with E-state index in [1.807, 2.05) is 36.6 Å². The summed E-state index contributed by atoms with van der Waals surface area (Å²) >= 11 is 1.36. The summed E-state index contributed by atoms with van der Waals surface area (Å²) in [6, 6.07) is 16.7. The highest BCUT2D eigenvalue weighted by atomic mass is 32.1. The number of nitrogens with zero attached hydrogens (tertiary/aromatic N) is 2. The van der Waals surface area contributed by atoms with E-state index in [2.05, 4.69) is 21.7 Å². The van der Waals surface area contributed by atoms with Gasteiger partial charge in [-0.1, -0.05) is 12.1 Å². The van der Waals surface area contributed by atoms with Crippen molar-refractivity contribution in [1.82, 2.24) is 4.98 Å². The Morgan fingerprint density at radius 3 is 2.74 bits per heavy atom. The number of hydrogen-bond donors (Lipinski definition) is 2. The first kappa shape index (κ1) is 18.4. The van der Waals surface area contributed by atoms with Crippen molar-refractivity contribution in [3.8, 4) is 23.1 Å². The van der Waals surface area contributed by atoms with Gasteiger partial charge in [-0.15, -0.1) is 11.3 Å². The summed E-state index contributed by atoms with van der Waals surface area (Å²) in [7, 11) is 0. The highest BCUT2D eigenvalue weighted by molar-refractivity contribution is 7.14. The van der Waals surface area contributed by atoms with Gasteiger partial charge in [-0.3, -0.25) is 4.79 Å². The van der Waals surface area contributed by atoms with Crippen molar-refractivity contribution in [2.24, 2.45) is 0 Å². The number of thiazole rings is 1. The zero-order chi connectivity index (χ0) is 19.1. The van der Waals surface area contributed by atoms with Crippen LogP contribution >= 0.6 is 11.3 Å². The molecular formula is C20H18N4O2S. The van der Waals surface area contributed by atoms with Gasteiger partial charge in [0, 0.05) is 16.6 Å². The normalized spacial score (nSPS) is 10.1. The summed E-state index contributed by atoms with van der Waals surface area (Å²) in [5.41, 5.74) is 3.01. The van der Waals surface area contributed by atoms with E-state index in [1.165, 1.54) is 11.3 Å². The van der Waals surface area contributed by atoms with Gasteiger partial charge in [0.1, 0.15) is 5.75 Å². The summed E-state index contributed by atoms with van der Waals surface area (Å²) in [5, 5.41) is 17.0. The van der Waals surface area contributed by atoms with E-state index in [1.54, 1.807) is 24.3 Å². The second-order valence-corrected chi connectivity index (χ2v) is 6.42. The number of rotatable bonds is 7. The van der Waals surface area contributed by atoms with Crippen LogP contribution in [0.3, 0.4) is 0 Å². The molecule has 0 spiro atoms. The molecule has 6 nitrogen and oxygen atoms in total. The van der Waals surface area contributed by atoms with Crippen molar-refractivity contribution < 1.29 is 9.53 Å². The summed E-state index contributed by atoms with van der Waals surface area (Å²) in [5.74, 6) is 0.573. The lowest BCUT2D eigenvalue weighted by Crippen LogP contribution is -2.21. The average molecular weight is 378 g/mol. The van der Waals surface area contributed by atoms with Crippen LogP contribution in [0.5, 0.6) is 5.75 Å². The van der Waals surface area contributed by atoms with E-state index in [0.717, 1.165) is 22.7 Å². The Morgan fingerprint density at radius 2 is 2.00 bits per heavy atom. The van der Waals surface area contributed by atoms with Crippen molar-refractivity contribution >= 4 is 28.1 Å². The number of para-hydroxylation sites is 1. The van der Waals surface area contributed by atoms with E-state index >= 15 is 0 Å². The first-order chi connectivity index (χ1) is 13.2. The van der Waals surface area contributed by atoms with Crippen molar-refractivity contribution in [3.05, 3.63) is 59.5 Å². The molecule has 2 N–H and O–H groups in total.